The van der Waals surface area contributed by atoms with Crippen LogP contribution >= 0.6 is 0 Å². The zero-order chi connectivity index (χ0) is 16.6. The summed E-state index contributed by atoms with van der Waals surface area (Å²) in [6.07, 6.45) is 1.64. The number of hydrogen-bond donors (Lipinski definition) is 1. The molecule has 0 aromatic carbocycles. The lowest BCUT2D eigenvalue weighted by molar-refractivity contribution is -0.136. The Morgan fingerprint density at radius 1 is 1.26 bits per heavy atom. The number of likely N-dealkylation sites (tertiary alicyclic amines) is 1. The largest absolute Gasteiger partial charge is 0.369 e. The smallest absolute Gasteiger partial charge is 0.236 e. The molecule has 2 aliphatic heterocycles. The van der Waals surface area contributed by atoms with Crippen molar-refractivity contribution in [1.82, 2.24) is 19.4 Å². The van der Waals surface area contributed by atoms with Gasteiger partial charge in [-0.25, -0.2) is 4.98 Å². The molecule has 0 radical (unpaired) electrons. The minimum absolute atomic E-state index is 0.0874. The molecule has 3 heterocycles. The van der Waals surface area contributed by atoms with E-state index in [0.717, 1.165) is 44.0 Å². The number of piperidine rings is 1. The molecule has 2 amide bonds. The number of nitrogens with two attached hydrogens (primary N) is 1. The van der Waals surface area contributed by atoms with E-state index < -0.39 is 0 Å². The number of imidazole rings is 1. The summed E-state index contributed by atoms with van der Waals surface area (Å²) in [4.78, 5) is 32.4. The maximum absolute atomic E-state index is 12.5. The number of primary amides is 1. The van der Waals surface area contributed by atoms with Crippen LogP contribution in [0, 0.1) is 19.8 Å². The van der Waals surface area contributed by atoms with Gasteiger partial charge in [0.05, 0.1) is 24.7 Å². The Balaban J connectivity index is 1.59. The molecule has 2 aliphatic rings. The van der Waals surface area contributed by atoms with Crippen LogP contribution in [0.15, 0.2) is 0 Å². The fourth-order valence-electron chi connectivity index (χ4n) is 3.52. The van der Waals surface area contributed by atoms with Crippen LogP contribution in [0.25, 0.3) is 0 Å². The molecule has 0 spiro atoms. The molecule has 23 heavy (non-hydrogen) atoms. The van der Waals surface area contributed by atoms with Crippen molar-refractivity contribution < 1.29 is 9.59 Å². The van der Waals surface area contributed by atoms with Gasteiger partial charge in [0.1, 0.15) is 5.82 Å². The van der Waals surface area contributed by atoms with Gasteiger partial charge in [0.2, 0.25) is 11.8 Å². The summed E-state index contributed by atoms with van der Waals surface area (Å²) in [5.74, 6) is 0.629. The normalized spacial score (nSPS) is 22.0. The highest BCUT2D eigenvalue weighted by molar-refractivity contribution is 5.81. The quantitative estimate of drug-likeness (QED) is 0.852. The van der Waals surface area contributed by atoms with E-state index in [0.29, 0.717) is 19.6 Å². The van der Waals surface area contributed by atoms with Crippen molar-refractivity contribution >= 4 is 11.8 Å². The summed E-state index contributed by atoms with van der Waals surface area (Å²) < 4.78 is 2.24. The number of aryl methyl sites for hydroxylation is 1. The zero-order valence-corrected chi connectivity index (χ0v) is 13.9. The molecular weight excluding hydrogens is 294 g/mol. The molecule has 1 fully saturated rings. The molecule has 0 saturated carbocycles. The van der Waals surface area contributed by atoms with Gasteiger partial charge in [-0.15, -0.1) is 0 Å². The molecule has 7 heteroatoms. The van der Waals surface area contributed by atoms with Crippen molar-refractivity contribution in [2.45, 2.75) is 39.8 Å². The molecule has 1 saturated heterocycles. The first-order chi connectivity index (χ1) is 11.0. The van der Waals surface area contributed by atoms with Gasteiger partial charge in [-0.05, 0) is 26.7 Å². The molecule has 2 N–H and O–H groups in total. The van der Waals surface area contributed by atoms with E-state index in [1.807, 2.05) is 6.92 Å². The maximum Gasteiger partial charge on any atom is 0.236 e. The molecule has 7 nitrogen and oxygen atoms in total. The molecule has 1 atom stereocenters. The third-order valence-electron chi connectivity index (χ3n) is 5.08. The highest BCUT2D eigenvalue weighted by Gasteiger charge is 2.29. The van der Waals surface area contributed by atoms with Gasteiger partial charge >= 0.3 is 0 Å². The Morgan fingerprint density at radius 2 is 2.04 bits per heavy atom. The van der Waals surface area contributed by atoms with E-state index in [1.165, 1.54) is 5.69 Å². The Morgan fingerprint density at radius 3 is 2.78 bits per heavy atom. The van der Waals surface area contributed by atoms with Crippen molar-refractivity contribution in [1.29, 1.82) is 0 Å². The highest BCUT2D eigenvalue weighted by atomic mass is 16.2. The Kier molecular flexibility index (Phi) is 4.39. The fraction of sp³-hybridized carbons (Fsp3) is 0.688. The number of amides is 2. The first kappa shape index (κ1) is 16.0. The van der Waals surface area contributed by atoms with Gasteiger partial charge in [-0.2, -0.15) is 0 Å². The third-order valence-corrected chi connectivity index (χ3v) is 5.08. The van der Waals surface area contributed by atoms with Crippen LogP contribution in [0.5, 0.6) is 0 Å². The van der Waals surface area contributed by atoms with E-state index in [9.17, 15) is 9.59 Å². The molecule has 0 bridgehead atoms. The standard InChI is InChI=1S/C16H25N5O2/c1-11-12(2)21-7-6-19(9-14(21)18-11)10-15(22)20-5-3-4-13(8-20)16(17)23/h13H,3-10H2,1-2H3,(H2,17,23). The van der Waals surface area contributed by atoms with Crippen LogP contribution in [0.4, 0.5) is 0 Å². The summed E-state index contributed by atoms with van der Waals surface area (Å²) in [5.41, 5.74) is 7.66. The van der Waals surface area contributed by atoms with Gasteiger partial charge in [-0.3, -0.25) is 14.5 Å². The monoisotopic (exact) mass is 319 g/mol. The van der Waals surface area contributed by atoms with Crippen molar-refractivity contribution in [3.63, 3.8) is 0 Å². The Bertz CT molecular complexity index is 624. The number of nitrogens with zero attached hydrogens (tertiary/aromatic N) is 4. The summed E-state index contributed by atoms with van der Waals surface area (Å²) in [5, 5.41) is 0. The van der Waals surface area contributed by atoms with Crippen LogP contribution in [-0.4, -0.2) is 57.3 Å². The topological polar surface area (TPSA) is 84.5 Å². The number of fused-ring (bicyclic) bond motifs is 1. The Hall–Kier alpha value is -1.89. The average Bonchev–Trinajstić information content (AvgIpc) is 2.81. The lowest BCUT2D eigenvalue weighted by Crippen LogP contribution is -2.48. The number of rotatable bonds is 3. The van der Waals surface area contributed by atoms with Gasteiger partial charge in [-0.1, -0.05) is 0 Å². The van der Waals surface area contributed by atoms with Crippen molar-refractivity contribution in [3.8, 4) is 0 Å². The molecule has 1 aromatic rings. The summed E-state index contributed by atoms with van der Waals surface area (Å²) in [7, 11) is 0. The second-order valence-electron chi connectivity index (χ2n) is 6.64. The molecule has 126 valence electrons. The van der Waals surface area contributed by atoms with Crippen LogP contribution in [0.1, 0.15) is 30.1 Å². The molecule has 3 rings (SSSR count). The zero-order valence-electron chi connectivity index (χ0n) is 13.9. The summed E-state index contributed by atoms with van der Waals surface area (Å²) >= 11 is 0. The molecule has 0 aliphatic carbocycles. The predicted molar refractivity (Wildman–Crippen MR) is 85.5 cm³/mol. The first-order valence-electron chi connectivity index (χ1n) is 8.27. The second kappa shape index (κ2) is 6.31. The van der Waals surface area contributed by atoms with E-state index >= 15 is 0 Å². The fourth-order valence-corrected chi connectivity index (χ4v) is 3.52. The van der Waals surface area contributed by atoms with Gasteiger partial charge in [0.15, 0.2) is 0 Å². The number of hydrogen-bond acceptors (Lipinski definition) is 4. The minimum Gasteiger partial charge on any atom is -0.369 e. The maximum atomic E-state index is 12.5. The minimum atomic E-state index is -0.298. The van der Waals surface area contributed by atoms with Gasteiger partial charge in [0, 0.05) is 31.9 Å². The number of carbonyl (C=O) groups is 2. The van der Waals surface area contributed by atoms with Crippen molar-refractivity contribution in [2.24, 2.45) is 11.7 Å². The van der Waals surface area contributed by atoms with Crippen molar-refractivity contribution in [2.75, 3.05) is 26.2 Å². The molecule has 1 unspecified atom stereocenters. The SMILES string of the molecule is Cc1nc2n(c1C)CCN(CC(=O)N1CCCC(C(N)=O)C1)C2. The average molecular weight is 319 g/mol. The molecule has 1 aromatic heterocycles. The van der Waals surface area contributed by atoms with Crippen LogP contribution in [0.2, 0.25) is 0 Å². The van der Waals surface area contributed by atoms with E-state index in [1.54, 1.807) is 4.90 Å². The lowest BCUT2D eigenvalue weighted by Gasteiger charge is -2.34. The Labute approximate surface area is 136 Å². The van der Waals surface area contributed by atoms with Gasteiger partial charge < -0.3 is 15.2 Å². The third kappa shape index (κ3) is 3.24. The van der Waals surface area contributed by atoms with Crippen LogP contribution in [0.3, 0.4) is 0 Å². The highest BCUT2D eigenvalue weighted by Crippen LogP contribution is 2.19. The van der Waals surface area contributed by atoms with Gasteiger partial charge in [0.25, 0.3) is 0 Å². The van der Waals surface area contributed by atoms with Crippen molar-refractivity contribution in [3.05, 3.63) is 17.2 Å². The van der Waals surface area contributed by atoms with Crippen LogP contribution < -0.4 is 5.73 Å². The second-order valence-corrected chi connectivity index (χ2v) is 6.64. The summed E-state index contributed by atoms with van der Waals surface area (Å²) in [6, 6.07) is 0. The lowest BCUT2D eigenvalue weighted by atomic mass is 9.97. The molecular formula is C16H25N5O2. The summed E-state index contributed by atoms with van der Waals surface area (Å²) in [6.45, 7) is 8.11. The first-order valence-corrected chi connectivity index (χ1v) is 8.27. The number of aromatic nitrogens is 2. The van der Waals surface area contributed by atoms with E-state index in [4.69, 9.17) is 5.73 Å². The van der Waals surface area contributed by atoms with E-state index in [2.05, 4.69) is 21.4 Å². The van der Waals surface area contributed by atoms with E-state index in [-0.39, 0.29) is 17.7 Å². The predicted octanol–water partition coefficient (Wildman–Crippen LogP) is 0.0394. The number of carbonyl (C=O) groups excluding carboxylic acids is 2. The van der Waals surface area contributed by atoms with Crippen LogP contribution in [-0.2, 0) is 22.7 Å².